The van der Waals surface area contributed by atoms with E-state index in [9.17, 15) is 10.2 Å². The van der Waals surface area contributed by atoms with Crippen LogP contribution in [0.15, 0.2) is 66.7 Å². The Bertz CT molecular complexity index is 750. The molecule has 4 heteroatoms. The molecule has 2 atom stereocenters. The normalized spacial score (nSPS) is 13.5. The van der Waals surface area contributed by atoms with Crippen LogP contribution in [0.4, 0.5) is 0 Å². The van der Waals surface area contributed by atoms with Gasteiger partial charge in [-0.25, -0.2) is 0 Å². The maximum absolute atomic E-state index is 10.5. The van der Waals surface area contributed by atoms with Crippen molar-refractivity contribution in [2.24, 2.45) is 0 Å². The zero-order valence-corrected chi connectivity index (χ0v) is 13.5. The number of thiophene rings is 1. The van der Waals surface area contributed by atoms with E-state index in [2.05, 4.69) is 0 Å². The Morgan fingerprint density at radius 1 is 0.739 bits per heavy atom. The maximum atomic E-state index is 10.5. The van der Waals surface area contributed by atoms with E-state index in [1.54, 1.807) is 7.11 Å². The zero-order valence-electron chi connectivity index (χ0n) is 12.7. The molecule has 0 aliphatic rings. The van der Waals surface area contributed by atoms with Gasteiger partial charge in [-0.1, -0.05) is 42.5 Å². The number of aliphatic hydroxyl groups excluding tert-OH is 2. The summed E-state index contributed by atoms with van der Waals surface area (Å²) in [5, 5.41) is 20.9. The molecule has 2 aromatic carbocycles. The molecule has 3 nitrogen and oxygen atoms in total. The Hall–Kier alpha value is -2.14. The minimum atomic E-state index is -0.706. The minimum absolute atomic E-state index is 0.669. The third-order valence-corrected chi connectivity index (χ3v) is 4.92. The molecule has 23 heavy (non-hydrogen) atoms. The number of methoxy groups -OCH3 is 1. The van der Waals surface area contributed by atoms with Gasteiger partial charge in [-0.3, -0.25) is 0 Å². The van der Waals surface area contributed by atoms with Crippen molar-refractivity contribution in [1.29, 1.82) is 0 Å². The van der Waals surface area contributed by atoms with Crippen LogP contribution in [0.25, 0.3) is 0 Å². The van der Waals surface area contributed by atoms with Gasteiger partial charge in [-0.05, 0) is 35.4 Å². The predicted octanol–water partition coefficient (Wildman–Crippen LogP) is 3.92. The van der Waals surface area contributed by atoms with Gasteiger partial charge < -0.3 is 14.9 Å². The quantitative estimate of drug-likeness (QED) is 0.747. The molecule has 0 aliphatic carbocycles. The van der Waals surface area contributed by atoms with Crippen LogP contribution >= 0.6 is 11.3 Å². The molecule has 2 N–H and O–H groups in total. The second kappa shape index (κ2) is 6.96. The summed E-state index contributed by atoms with van der Waals surface area (Å²) in [6.45, 7) is 0. The Kier molecular flexibility index (Phi) is 4.76. The van der Waals surface area contributed by atoms with E-state index in [1.165, 1.54) is 11.3 Å². The molecule has 3 rings (SSSR count). The SMILES string of the molecule is COc1ccc(C(O)c2ccc(C(O)c3ccccc3)s2)cc1. The first-order valence-electron chi connectivity index (χ1n) is 7.33. The summed E-state index contributed by atoms with van der Waals surface area (Å²) in [6, 6.07) is 20.6. The monoisotopic (exact) mass is 326 g/mol. The van der Waals surface area contributed by atoms with E-state index in [1.807, 2.05) is 66.7 Å². The summed E-state index contributed by atoms with van der Waals surface area (Å²) in [6.07, 6.45) is -1.37. The zero-order chi connectivity index (χ0) is 16.2. The first-order chi connectivity index (χ1) is 11.2. The van der Waals surface area contributed by atoms with Gasteiger partial charge in [0.1, 0.15) is 18.0 Å². The van der Waals surface area contributed by atoms with E-state index < -0.39 is 12.2 Å². The summed E-state index contributed by atoms with van der Waals surface area (Å²) in [5.74, 6) is 0.757. The highest BCUT2D eigenvalue weighted by molar-refractivity contribution is 7.12. The fraction of sp³-hybridized carbons (Fsp3) is 0.158. The second-order valence-corrected chi connectivity index (χ2v) is 6.38. The number of ether oxygens (including phenoxy) is 1. The average Bonchev–Trinajstić information content (AvgIpc) is 3.11. The lowest BCUT2D eigenvalue weighted by Gasteiger charge is -2.11. The van der Waals surface area contributed by atoms with Crippen LogP contribution in [0.1, 0.15) is 33.1 Å². The average molecular weight is 326 g/mol. The van der Waals surface area contributed by atoms with Gasteiger partial charge in [-0.2, -0.15) is 0 Å². The van der Waals surface area contributed by atoms with Crippen molar-refractivity contribution >= 4 is 11.3 Å². The molecule has 2 unspecified atom stereocenters. The smallest absolute Gasteiger partial charge is 0.118 e. The van der Waals surface area contributed by atoms with E-state index in [0.29, 0.717) is 0 Å². The molecule has 0 bridgehead atoms. The highest BCUT2D eigenvalue weighted by Crippen LogP contribution is 2.34. The summed E-state index contributed by atoms with van der Waals surface area (Å²) in [7, 11) is 1.61. The van der Waals surface area contributed by atoms with Crippen molar-refractivity contribution in [3.63, 3.8) is 0 Å². The third-order valence-electron chi connectivity index (χ3n) is 3.73. The van der Waals surface area contributed by atoms with Crippen molar-refractivity contribution in [2.75, 3.05) is 7.11 Å². The van der Waals surface area contributed by atoms with Gasteiger partial charge in [0.25, 0.3) is 0 Å². The molecular formula is C19H18O3S. The summed E-state index contributed by atoms with van der Waals surface area (Å²) in [4.78, 5) is 1.62. The van der Waals surface area contributed by atoms with E-state index in [4.69, 9.17) is 4.74 Å². The molecule has 0 fully saturated rings. The Balaban J connectivity index is 1.80. The van der Waals surface area contributed by atoms with E-state index >= 15 is 0 Å². The van der Waals surface area contributed by atoms with E-state index in [0.717, 1.165) is 26.6 Å². The lowest BCUT2D eigenvalue weighted by molar-refractivity contribution is 0.223. The van der Waals surface area contributed by atoms with Crippen LogP contribution in [0.3, 0.4) is 0 Å². The fourth-order valence-corrected chi connectivity index (χ4v) is 3.45. The topological polar surface area (TPSA) is 49.7 Å². The molecule has 118 valence electrons. The highest BCUT2D eigenvalue weighted by Gasteiger charge is 2.17. The molecule has 1 heterocycles. The number of hydrogen-bond donors (Lipinski definition) is 2. The lowest BCUT2D eigenvalue weighted by Crippen LogP contribution is -1.97. The summed E-state index contributed by atoms with van der Waals surface area (Å²) >= 11 is 1.42. The van der Waals surface area contributed by atoms with Gasteiger partial charge in [0.2, 0.25) is 0 Å². The number of hydrogen-bond acceptors (Lipinski definition) is 4. The van der Waals surface area contributed by atoms with Crippen LogP contribution in [0.5, 0.6) is 5.75 Å². The van der Waals surface area contributed by atoms with Gasteiger partial charge in [0.05, 0.1) is 7.11 Å². The minimum Gasteiger partial charge on any atom is -0.497 e. The van der Waals surface area contributed by atoms with Crippen molar-refractivity contribution in [3.8, 4) is 5.75 Å². The van der Waals surface area contributed by atoms with Crippen LogP contribution in [-0.4, -0.2) is 17.3 Å². The molecule has 3 aromatic rings. The van der Waals surface area contributed by atoms with E-state index in [-0.39, 0.29) is 0 Å². The number of rotatable bonds is 5. The van der Waals surface area contributed by atoms with Crippen LogP contribution in [0, 0.1) is 0 Å². The van der Waals surface area contributed by atoms with Gasteiger partial charge in [0.15, 0.2) is 0 Å². The summed E-state index contributed by atoms with van der Waals surface area (Å²) in [5.41, 5.74) is 1.65. The number of benzene rings is 2. The first kappa shape index (κ1) is 15.7. The molecule has 0 aliphatic heterocycles. The standard InChI is InChI=1S/C19H18O3S/c1-22-15-9-7-14(8-10-15)19(21)17-12-11-16(23-17)18(20)13-5-3-2-4-6-13/h2-12,18-21H,1H3. The molecule has 0 amide bonds. The predicted molar refractivity (Wildman–Crippen MR) is 91.9 cm³/mol. The molecule has 1 aromatic heterocycles. The van der Waals surface area contributed by atoms with Crippen molar-refractivity contribution in [1.82, 2.24) is 0 Å². The molecule has 0 radical (unpaired) electrons. The van der Waals surface area contributed by atoms with Gasteiger partial charge in [-0.15, -0.1) is 11.3 Å². The molecule has 0 spiro atoms. The van der Waals surface area contributed by atoms with Crippen LogP contribution < -0.4 is 4.74 Å². The van der Waals surface area contributed by atoms with Crippen molar-refractivity contribution in [2.45, 2.75) is 12.2 Å². The van der Waals surface area contributed by atoms with Crippen LogP contribution in [-0.2, 0) is 0 Å². The second-order valence-electron chi connectivity index (χ2n) is 5.23. The lowest BCUT2D eigenvalue weighted by atomic mass is 10.1. The molecular weight excluding hydrogens is 308 g/mol. The van der Waals surface area contributed by atoms with Gasteiger partial charge >= 0.3 is 0 Å². The molecule has 0 saturated heterocycles. The van der Waals surface area contributed by atoms with Gasteiger partial charge in [0, 0.05) is 9.75 Å². The number of aliphatic hydroxyl groups is 2. The van der Waals surface area contributed by atoms with Crippen LogP contribution in [0.2, 0.25) is 0 Å². The van der Waals surface area contributed by atoms with Crippen molar-refractivity contribution < 1.29 is 14.9 Å². The Morgan fingerprint density at radius 2 is 1.26 bits per heavy atom. The fourth-order valence-electron chi connectivity index (χ4n) is 2.41. The Labute approximate surface area is 139 Å². The van der Waals surface area contributed by atoms with Crippen molar-refractivity contribution in [3.05, 3.63) is 87.6 Å². The summed E-state index contributed by atoms with van der Waals surface area (Å²) < 4.78 is 5.13. The molecule has 0 saturated carbocycles. The largest absolute Gasteiger partial charge is 0.497 e. The third kappa shape index (κ3) is 3.45. The Morgan fingerprint density at radius 3 is 1.78 bits per heavy atom. The highest BCUT2D eigenvalue weighted by atomic mass is 32.1. The maximum Gasteiger partial charge on any atom is 0.118 e. The first-order valence-corrected chi connectivity index (χ1v) is 8.15.